The number of carboxylic acids is 1. The maximum atomic E-state index is 11.3. The van der Waals surface area contributed by atoms with Gasteiger partial charge >= 0.3 is 5.97 Å². The Hall–Kier alpha value is -1.58. The first-order valence-corrected chi connectivity index (χ1v) is 6.35. The van der Waals surface area contributed by atoms with Crippen LogP contribution in [0.5, 0.6) is 11.8 Å². The number of aliphatic carboxylic acids is 1. The minimum atomic E-state index is -1.10. The molecule has 20 heavy (non-hydrogen) atoms. The first-order valence-electron chi connectivity index (χ1n) is 5.47. The first-order chi connectivity index (χ1) is 9.55. The topological polar surface area (TPSA) is 100 Å². The van der Waals surface area contributed by atoms with E-state index in [1.54, 1.807) is 0 Å². The second-order valence-electron chi connectivity index (χ2n) is 3.45. The fraction of sp³-hybridized carbons (Fsp3) is 0.545. The molecule has 9 heteroatoms. The highest BCUT2D eigenvalue weighted by Gasteiger charge is 2.31. The van der Waals surface area contributed by atoms with Gasteiger partial charge in [-0.1, -0.05) is 11.8 Å². The molecule has 0 bridgehead atoms. The van der Waals surface area contributed by atoms with Crippen LogP contribution in [0.25, 0.3) is 0 Å². The van der Waals surface area contributed by atoms with Crippen molar-refractivity contribution in [2.75, 3.05) is 28.4 Å². The van der Waals surface area contributed by atoms with Gasteiger partial charge in [-0.3, -0.25) is 4.79 Å². The van der Waals surface area contributed by atoms with Crippen LogP contribution in [0.4, 0.5) is 0 Å². The van der Waals surface area contributed by atoms with E-state index in [1.165, 1.54) is 34.5 Å². The molecular formula is C11H16N2O6S. The highest BCUT2D eigenvalue weighted by Crippen LogP contribution is 2.27. The molecule has 0 aliphatic heterocycles. The number of methoxy groups -OCH3 is 4. The van der Waals surface area contributed by atoms with E-state index in [0.717, 1.165) is 11.8 Å². The van der Waals surface area contributed by atoms with Crippen LogP contribution in [0.15, 0.2) is 11.2 Å². The van der Waals surface area contributed by atoms with E-state index in [9.17, 15) is 9.90 Å². The first kappa shape index (κ1) is 16.5. The van der Waals surface area contributed by atoms with Crippen molar-refractivity contribution in [3.8, 4) is 11.8 Å². The van der Waals surface area contributed by atoms with E-state index < -0.39 is 17.5 Å². The predicted octanol–water partition coefficient (Wildman–Crippen LogP) is 0.658. The highest BCUT2D eigenvalue weighted by atomic mass is 32.2. The number of thioether (sulfide) groups is 1. The summed E-state index contributed by atoms with van der Waals surface area (Å²) >= 11 is 0.881. The lowest BCUT2D eigenvalue weighted by Crippen LogP contribution is -2.34. The van der Waals surface area contributed by atoms with Crippen molar-refractivity contribution in [1.29, 1.82) is 0 Å². The van der Waals surface area contributed by atoms with Crippen molar-refractivity contribution in [3.63, 3.8) is 0 Å². The molecule has 1 aromatic rings. The number of nitrogens with zero attached hydrogens (tertiary/aromatic N) is 2. The van der Waals surface area contributed by atoms with Crippen molar-refractivity contribution in [2.24, 2.45) is 0 Å². The lowest BCUT2D eigenvalue weighted by Gasteiger charge is -2.20. The van der Waals surface area contributed by atoms with Crippen molar-refractivity contribution >= 4 is 17.7 Å². The van der Waals surface area contributed by atoms with Gasteiger partial charge < -0.3 is 24.1 Å². The average molecular weight is 304 g/mol. The van der Waals surface area contributed by atoms with Crippen molar-refractivity contribution in [3.05, 3.63) is 6.07 Å². The van der Waals surface area contributed by atoms with Crippen LogP contribution in [0.3, 0.4) is 0 Å². The second kappa shape index (κ2) is 7.88. The Balaban J connectivity index is 3.01. The third-order valence-corrected chi connectivity index (χ3v) is 3.34. The van der Waals surface area contributed by atoms with E-state index >= 15 is 0 Å². The third-order valence-electron chi connectivity index (χ3n) is 2.26. The molecular weight excluding hydrogens is 288 g/mol. The van der Waals surface area contributed by atoms with E-state index in [0.29, 0.717) is 0 Å². The van der Waals surface area contributed by atoms with Gasteiger partial charge in [-0.15, -0.1) is 0 Å². The van der Waals surface area contributed by atoms with Crippen molar-refractivity contribution in [1.82, 2.24) is 9.97 Å². The maximum absolute atomic E-state index is 11.3. The summed E-state index contributed by atoms with van der Waals surface area (Å²) in [7, 11) is 5.60. The smallest absolute Gasteiger partial charge is 0.322 e. The van der Waals surface area contributed by atoms with Crippen LogP contribution in [0.1, 0.15) is 0 Å². The van der Waals surface area contributed by atoms with Gasteiger partial charge in [0.15, 0.2) is 16.7 Å². The predicted molar refractivity (Wildman–Crippen MR) is 70.2 cm³/mol. The van der Waals surface area contributed by atoms with Crippen LogP contribution >= 0.6 is 11.8 Å². The molecule has 0 fully saturated rings. The number of carbonyl (C=O) groups is 1. The number of hydrogen-bond donors (Lipinski definition) is 1. The number of ether oxygens (including phenoxy) is 4. The van der Waals surface area contributed by atoms with Crippen LogP contribution in [0, 0.1) is 0 Å². The molecule has 0 amide bonds. The van der Waals surface area contributed by atoms with Crippen molar-refractivity contribution < 1.29 is 28.8 Å². The minimum absolute atomic E-state index is 0.188. The van der Waals surface area contributed by atoms with Crippen LogP contribution in [-0.2, 0) is 14.3 Å². The summed E-state index contributed by atoms with van der Waals surface area (Å²) in [6, 6.07) is 1.49. The second-order valence-corrected chi connectivity index (χ2v) is 4.56. The summed E-state index contributed by atoms with van der Waals surface area (Å²) in [5, 5.41) is 8.38. The maximum Gasteiger partial charge on any atom is 0.322 e. The van der Waals surface area contributed by atoms with E-state index in [4.69, 9.17) is 18.9 Å². The zero-order chi connectivity index (χ0) is 15.1. The SMILES string of the molecule is COc1cc(OC)nc(SC(C(=O)O)C(OC)OC)n1. The average Bonchev–Trinajstić information content (AvgIpc) is 2.46. The molecule has 0 spiro atoms. The quantitative estimate of drug-likeness (QED) is 0.421. The molecule has 0 aromatic carbocycles. The number of rotatable bonds is 8. The fourth-order valence-corrected chi connectivity index (χ4v) is 2.27. The Labute approximate surface area is 120 Å². The third kappa shape index (κ3) is 4.22. The van der Waals surface area contributed by atoms with E-state index in [1.807, 2.05) is 0 Å². The number of aromatic nitrogens is 2. The Bertz CT molecular complexity index is 432. The summed E-state index contributed by atoms with van der Waals surface area (Å²) in [5.74, 6) is -0.557. The molecule has 0 aliphatic carbocycles. The number of hydrogen-bond acceptors (Lipinski definition) is 8. The molecule has 1 rings (SSSR count). The molecule has 1 unspecified atom stereocenters. The van der Waals surface area contributed by atoms with Gasteiger partial charge in [0, 0.05) is 14.2 Å². The van der Waals surface area contributed by atoms with E-state index in [-0.39, 0.29) is 16.9 Å². The van der Waals surface area contributed by atoms with Gasteiger partial charge in [-0.05, 0) is 0 Å². The zero-order valence-corrected chi connectivity index (χ0v) is 12.3. The lowest BCUT2D eigenvalue weighted by atomic mass is 10.4. The summed E-state index contributed by atoms with van der Waals surface area (Å²) in [4.78, 5) is 19.4. The Morgan fingerprint density at radius 3 is 2.00 bits per heavy atom. The summed E-state index contributed by atoms with van der Waals surface area (Å²) in [6.45, 7) is 0. The molecule has 8 nitrogen and oxygen atoms in total. The van der Waals surface area contributed by atoms with Crippen LogP contribution < -0.4 is 9.47 Å². The fourth-order valence-electron chi connectivity index (χ4n) is 1.32. The molecule has 0 aliphatic rings. The highest BCUT2D eigenvalue weighted by molar-refractivity contribution is 8.00. The lowest BCUT2D eigenvalue weighted by molar-refractivity contribution is -0.151. The Kier molecular flexibility index (Phi) is 6.49. The molecule has 1 aromatic heterocycles. The molecule has 0 radical (unpaired) electrons. The molecule has 1 N–H and O–H groups in total. The van der Waals surface area contributed by atoms with Gasteiger partial charge in [-0.2, -0.15) is 9.97 Å². The van der Waals surface area contributed by atoms with Crippen LogP contribution in [0.2, 0.25) is 0 Å². The van der Waals surface area contributed by atoms with E-state index in [2.05, 4.69) is 9.97 Å². The molecule has 1 heterocycles. The van der Waals surface area contributed by atoms with Crippen LogP contribution in [-0.4, -0.2) is 61.0 Å². The molecule has 0 saturated heterocycles. The minimum Gasteiger partial charge on any atom is -0.481 e. The summed E-state index contributed by atoms with van der Waals surface area (Å²) in [5.41, 5.74) is 0. The normalized spacial score (nSPS) is 12.2. The van der Waals surface area contributed by atoms with Gasteiger partial charge in [-0.25, -0.2) is 0 Å². The largest absolute Gasteiger partial charge is 0.481 e. The Morgan fingerprint density at radius 1 is 1.15 bits per heavy atom. The molecule has 112 valence electrons. The standard InChI is InChI=1S/C11H16N2O6S/c1-16-6-5-7(17-2)13-11(12-6)20-8(9(14)15)10(18-3)19-4/h5,8,10H,1-4H3,(H,14,15). The van der Waals surface area contributed by atoms with Gasteiger partial charge in [0.2, 0.25) is 11.8 Å². The summed E-state index contributed by atoms with van der Waals surface area (Å²) in [6.07, 6.45) is -0.932. The van der Waals surface area contributed by atoms with Gasteiger partial charge in [0.1, 0.15) is 0 Å². The Morgan fingerprint density at radius 2 is 1.65 bits per heavy atom. The zero-order valence-electron chi connectivity index (χ0n) is 11.5. The van der Waals surface area contributed by atoms with Gasteiger partial charge in [0.05, 0.1) is 20.3 Å². The van der Waals surface area contributed by atoms with Gasteiger partial charge in [0.25, 0.3) is 0 Å². The summed E-state index contributed by atoms with van der Waals surface area (Å²) < 4.78 is 19.9. The molecule has 0 saturated carbocycles. The molecule has 1 atom stereocenters. The monoisotopic (exact) mass is 304 g/mol. The number of carboxylic acid groups (broad SMARTS) is 1. The van der Waals surface area contributed by atoms with Crippen molar-refractivity contribution in [2.45, 2.75) is 16.7 Å².